The van der Waals surface area contributed by atoms with E-state index in [1.807, 2.05) is 0 Å². The zero-order chi connectivity index (χ0) is 16.6. The summed E-state index contributed by atoms with van der Waals surface area (Å²) in [6.07, 6.45) is 15.3. The van der Waals surface area contributed by atoms with Crippen molar-refractivity contribution >= 4 is 0 Å². The van der Waals surface area contributed by atoms with E-state index in [0.717, 1.165) is 6.42 Å². The molecule has 0 saturated heterocycles. The van der Waals surface area contributed by atoms with Crippen molar-refractivity contribution in [2.75, 3.05) is 6.67 Å². The molecule has 0 radical (unpaired) electrons. The second-order valence-corrected chi connectivity index (χ2v) is 7.40. The monoisotopic (exact) mass is 315 g/mol. The van der Waals surface area contributed by atoms with Crippen molar-refractivity contribution in [1.29, 1.82) is 0 Å². The first-order chi connectivity index (χ1) is 10.6. The molecule has 0 aromatic carbocycles. The fourth-order valence-electron chi connectivity index (χ4n) is 3.20. The molecule has 1 N–H and O–H groups in total. The van der Waals surface area contributed by atoms with E-state index in [1.54, 1.807) is 0 Å². The van der Waals surface area contributed by atoms with Crippen molar-refractivity contribution in [2.45, 2.75) is 117 Å². The number of nitrogens with one attached hydrogen (secondary N) is 1. The van der Waals surface area contributed by atoms with Crippen molar-refractivity contribution in [3.8, 4) is 0 Å². The van der Waals surface area contributed by atoms with E-state index in [1.165, 1.54) is 70.6 Å². The minimum atomic E-state index is -0.223. The number of hydrogen-bond acceptors (Lipinski definition) is 1. The highest BCUT2D eigenvalue weighted by Gasteiger charge is 2.16. The highest BCUT2D eigenvalue weighted by Crippen LogP contribution is 2.15. The summed E-state index contributed by atoms with van der Waals surface area (Å²) in [6, 6.07) is 0.587. The number of unbranched alkanes of at least 4 members (excludes halogenated alkanes) is 7. The van der Waals surface area contributed by atoms with E-state index in [4.69, 9.17) is 0 Å². The van der Waals surface area contributed by atoms with Gasteiger partial charge in [0.2, 0.25) is 0 Å². The Balaban J connectivity index is 4.06. The number of halogens is 1. The van der Waals surface area contributed by atoms with Gasteiger partial charge >= 0.3 is 0 Å². The standard InChI is InChI=1S/C20H42FN/c1-5-7-9-10-11-13-15-19(14-12-8-6-2)22-20(17-21)16-18(3)4/h18-20,22H,5-17H2,1-4H3/t19?,20-/m0/s1. The van der Waals surface area contributed by atoms with Crippen molar-refractivity contribution in [3.05, 3.63) is 0 Å². The average Bonchev–Trinajstić information content (AvgIpc) is 2.49. The summed E-state index contributed by atoms with van der Waals surface area (Å²) in [5, 5.41) is 3.62. The van der Waals surface area contributed by atoms with Gasteiger partial charge < -0.3 is 5.32 Å². The second-order valence-electron chi connectivity index (χ2n) is 7.40. The minimum absolute atomic E-state index is 0.0618. The molecule has 0 saturated carbocycles. The Kier molecular flexibility index (Phi) is 15.7. The molecule has 1 nitrogen and oxygen atoms in total. The molecule has 0 fully saturated rings. The van der Waals surface area contributed by atoms with Gasteiger partial charge in [-0.05, 0) is 25.2 Å². The summed E-state index contributed by atoms with van der Waals surface area (Å²) < 4.78 is 13.2. The van der Waals surface area contributed by atoms with Gasteiger partial charge in [0, 0.05) is 12.1 Å². The molecule has 134 valence electrons. The van der Waals surface area contributed by atoms with Crippen LogP contribution in [0.2, 0.25) is 0 Å². The molecule has 0 aromatic rings. The van der Waals surface area contributed by atoms with Gasteiger partial charge in [-0.2, -0.15) is 0 Å². The number of alkyl halides is 1. The van der Waals surface area contributed by atoms with E-state index in [0.29, 0.717) is 12.0 Å². The van der Waals surface area contributed by atoms with Crippen LogP contribution in [-0.4, -0.2) is 18.8 Å². The van der Waals surface area contributed by atoms with Crippen LogP contribution in [0.1, 0.15) is 105 Å². The quantitative estimate of drug-likeness (QED) is 0.314. The molecule has 0 spiro atoms. The van der Waals surface area contributed by atoms with E-state index in [9.17, 15) is 4.39 Å². The average molecular weight is 316 g/mol. The molecule has 2 heteroatoms. The summed E-state index contributed by atoms with van der Waals surface area (Å²) in [5.41, 5.74) is 0. The lowest BCUT2D eigenvalue weighted by atomic mass is 9.98. The first kappa shape index (κ1) is 21.9. The second kappa shape index (κ2) is 15.8. The van der Waals surface area contributed by atoms with Crippen LogP contribution in [0.4, 0.5) is 4.39 Å². The Hall–Kier alpha value is -0.110. The zero-order valence-corrected chi connectivity index (χ0v) is 15.8. The van der Waals surface area contributed by atoms with Crippen molar-refractivity contribution in [2.24, 2.45) is 5.92 Å². The third-order valence-electron chi connectivity index (χ3n) is 4.48. The maximum absolute atomic E-state index is 13.2. The van der Waals surface area contributed by atoms with Gasteiger partial charge in [-0.25, -0.2) is 4.39 Å². The predicted octanol–water partition coefficient (Wildman–Crippen LogP) is 6.66. The molecule has 0 amide bonds. The Morgan fingerprint density at radius 2 is 1.23 bits per heavy atom. The summed E-state index contributed by atoms with van der Waals surface area (Å²) in [5.74, 6) is 0.568. The summed E-state index contributed by atoms with van der Waals surface area (Å²) in [6.45, 7) is 8.66. The molecular weight excluding hydrogens is 273 g/mol. The lowest BCUT2D eigenvalue weighted by Gasteiger charge is -2.25. The van der Waals surface area contributed by atoms with Crippen molar-refractivity contribution in [1.82, 2.24) is 5.32 Å². The first-order valence-electron chi connectivity index (χ1n) is 9.95. The van der Waals surface area contributed by atoms with Gasteiger partial charge in [0.15, 0.2) is 0 Å². The van der Waals surface area contributed by atoms with Crippen LogP contribution in [0, 0.1) is 5.92 Å². The zero-order valence-electron chi connectivity index (χ0n) is 15.8. The minimum Gasteiger partial charge on any atom is -0.309 e. The van der Waals surface area contributed by atoms with E-state index in [-0.39, 0.29) is 12.7 Å². The molecule has 22 heavy (non-hydrogen) atoms. The molecule has 0 aliphatic rings. The van der Waals surface area contributed by atoms with Gasteiger partial charge in [-0.3, -0.25) is 0 Å². The topological polar surface area (TPSA) is 12.0 Å². The predicted molar refractivity (Wildman–Crippen MR) is 98.3 cm³/mol. The summed E-state index contributed by atoms with van der Waals surface area (Å²) in [7, 11) is 0. The fraction of sp³-hybridized carbons (Fsp3) is 1.00. The molecule has 0 aromatic heterocycles. The Morgan fingerprint density at radius 3 is 1.77 bits per heavy atom. The highest BCUT2D eigenvalue weighted by atomic mass is 19.1. The van der Waals surface area contributed by atoms with Crippen LogP contribution in [0.15, 0.2) is 0 Å². The fourth-order valence-corrected chi connectivity index (χ4v) is 3.20. The highest BCUT2D eigenvalue weighted by molar-refractivity contribution is 4.75. The molecular formula is C20H42FN. The molecule has 0 aliphatic heterocycles. The largest absolute Gasteiger partial charge is 0.309 e. The third-order valence-corrected chi connectivity index (χ3v) is 4.48. The van der Waals surface area contributed by atoms with Crippen molar-refractivity contribution in [3.63, 3.8) is 0 Å². The maximum Gasteiger partial charge on any atom is 0.105 e. The van der Waals surface area contributed by atoms with E-state index < -0.39 is 0 Å². The number of rotatable bonds is 16. The van der Waals surface area contributed by atoms with Gasteiger partial charge in [0.25, 0.3) is 0 Å². The van der Waals surface area contributed by atoms with Crippen LogP contribution in [0.3, 0.4) is 0 Å². The van der Waals surface area contributed by atoms with E-state index in [2.05, 4.69) is 33.0 Å². The normalized spacial score (nSPS) is 14.5. The van der Waals surface area contributed by atoms with Gasteiger partial charge in [-0.1, -0.05) is 85.5 Å². The van der Waals surface area contributed by atoms with Crippen LogP contribution in [0.5, 0.6) is 0 Å². The van der Waals surface area contributed by atoms with Gasteiger partial charge in [-0.15, -0.1) is 0 Å². The Labute approximate surface area is 139 Å². The lowest BCUT2D eigenvalue weighted by molar-refractivity contribution is 0.284. The SMILES string of the molecule is CCCCCCCCC(CCCCC)N[C@H](CF)CC(C)C. The van der Waals surface area contributed by atoms with Gasteiger partial charge in [0.1, 0.15) is 6.67 Å². The molecule has 1 unspecified atom stereocenters. The van der Waals surface area contributed by atoms with Crippen LogP contribution in [0.25, 0.3) is 0 Å². The lowest BCUT2D eigenvalue weighted by Crippen LogP contribution is -2.40. The first-order valence-corrected chi connectivity index (χ1v) is 9.95. The Bertz CT molecular complexity index is 218. The van der Waals surface area contributed by atoms with Crippen LogP contribution in [-0.2, 0) is 0 Å². The van der Waals surface area contributed by atoms with Crippen LogP contribution < -0.4 is 5.32 Å². The molecule has 0 rings (SSSR count). The van der Waals surface area contributed by atoms with Crippen LogP contribution >= 0.6 is 0 Å². The molecule has 0 heterocycles. The maximum atomic E-state index is 13.2. The summed E-state index contributed by atoms with van der Waals surface area (Å²) in [4.78, 5) is 0. The third kappa shape index (κ3) is 13.5. The number of hydrogen-bond donors (Lipinski definition) is 1. The molecule has 0 bridgehead atoms. The Morgan fingerprint density at radius 1 is 0.727 bits per heavy atom. The smallest absolute Gasteiger partial charge is 0.105 e. The van der Waals surface area contributed by atoms with E-state index >= 15 is 0 Å². The molecule has 0 aliphatic carbocycles. The molecule has 2 atom stereocenters. The van der Waals surface area contributed by atoms with Gasteiger partial charge in [0.05, 0.1) is 0 Å². The summed E-state index contributed by atoms with van der Waals surface area (Å²) >= 11 is 0. The van der Waals surface area contributed by atoms with Crippen molar-refractivity contribution < 1.29 is 4.39 Å².